The van der Waals surface area contributed by atoms with Crippen LogP contribution >= 0.6 is 11.6 Å². The van der Waals surface area contributed by atoms with Crippen molar-refractivity contribution in [3.63, 3.8) is 0 Å². The molecule has 1 aromatic carbocycles. The summed E-state index contributed by atoms with van der Waals surface area (Å²) in [5.74, 6) is -0.516. The van der Waals surface area contributed by atoms with Crippen LogP contribution in [-0.2, 0) is 19.6 Å². The van der Waals surface area contributed by atoms with Gasteiger partial charge in [0, 0.05) is 11.6 Å². The third kappa shape index (κ3) is 3.22. The van der Waals surface area contributed by atoms with Crippen LogP contribution < -0.4 is 0 Å². The topological polar surface area (TPSA) is 63.7 Å². The molecule has 2 rings (SSSR count). The van der Waals surface area contributed by atoms with E-state index >= 15 is 0 Å². The van der Waals surface area contributed by atoms with E-state index in [2.05, 4.69) is 0 Å². The van der Waals surface area contributed by atoms with E-state index < -0.39 is 22.0 Å². The Bertz CT molecular complexity index is 644. The highest BCUT2D eigenvalue weighted by atomic mass is 35.5. The predicted molar refractivity (Wildman–Crippen MR) is 79.7 cm³/mol. The van der Waals surface area contributed by atoms with E-state index in [0.717, 1.165) is 12.8 Å². The van der Waals surface area contributed by atoms with Crippen LogP contribution in [0.4, 0.5) is 0 Å². The first-order valence-electron chi connectivity index (χ1n) is 6.73. The summed E-state index contributed by atoms with van der Waals surface area (Å²) < 4.78 is 31.7. The first-order valence-corrected chi connectivity index (χ1v) is 8.55. The number of ether oxygens (including phenoxy) is 1. The van der Waals surface area contributed by atoms with Gasteiger partial charge in [0.2, 0.25) is 10.0 Å². The highest BCUT2D eigenvalue weighted by molar-refractivity contribution is 7.89. The second-order valence-electron chi connectivity index (χ2n) is 5.06. The average Bonchev–Trinajstić information content (AvgIpc) is 2.48. The Labute approximate surface area is 129 Å². The molecule has 1 heterocycles. The van der Waals surface area contributed by atoms with Crippen molar-refractivity contribution in [2.45, 2.75) is 37.1 Å². The number of methoxy groups -OCH3 is 1. The van der Waals surface area contributed by atoms with Crippen molar-refractivity contribution in [2.75, 3.05) is 13.7 Å². The number of hydrogen-bond donors (Lipinski definition) is 0. The van der Waals surface area contributed by atoms with Crippen LogP contribution in [0.5, 0.6) is 0 Å². The van der Waals surface area contributed by atoms with E-state index in [4.69, 9.17) is 16.3 Å². The van der Waals surface area contributed by atoms with Crippen molar-refractivity contribution >= 4 is 27.6 Å². The first-order chi connectivity index (χ1) is 9.87. The van der Waals surface area contributed by atoms with Gasteiger partial charge < -0.3 is 4.74 Å². The average molecular weight is 332 g/mol. The van der Waals surface area contributed by atoms with E-state index in [9.17, 15) is 13.2 Å². The molecule has 5 nitrogen and oxygen atoms in total. The number of nitrogens with zero attached hydrogens (tertiary/aromatic N) is 1. The number of hydrogen-bond acceptors (Lipinski definition) is 4. The number of piperidine rings is 1. The summed E-state index contributed by atoms with van der Waals surface area (Å²) in [6.07, 6.45) is 2.01. The van der Waals surface area contributed by atoms with Gasteiger partial charge in [-0.3, -0.25) is 4.79 Å². The Morgan fingerprint density at radius 2 is 2.10 bits per heavy atom. The molecule has 0 saturated carbocycles. The number of benzene rings is 1. The largest absolute Gasteiger partial charge is 0.468 e. The van der Waals surface area contributed by atoms with Crippen LogP contribution in [0.15, 0.2) is 23.1 Å². The van der Waals surface area contributed by atoms with Crippen molar-refractivity contribution in [3.8, 4) is 0 Å². The molecule has 1 fully saturated rings. The summed E-state index contributed by atoms with van der Waals surface area (Å²) >= 11 is 5.91. The molecule has 0 radical (unpaired) electrons. The van der Waals surface area contributed by atoms with Gasteiger partial charge in [-0.05, 0) is 43.9 Å². The lowest BCUT2D eigenvalue weighted by atomic mass is 10.1. The quantitative estimate of drug-likeness (QED) is 0.798. The molecule has 0 aromatic heterocycles. The molecular formula is C14H18ClNO4S. The Morgan fingerprint density at radius 3 is 2.76 bits per heavy atom. The summed E-state index contributed by atoms with van der Waals surface area (Å²) in [6.45, 7) is 2.02. The predicted octanol–water partition coefficient (Wildman–Crippen LogP) is 2.36. The third-order valence-electron chi connectivity index (χ3n) is 3.66. The SMILES string of the molecule is COC(=O)C1CCCCN1S(=O)(=O)c1cc(Cl)ccc1C. The van der Waals surface area contributed by atoms with Crippen LogP contribution in [0.25, 0.3) is 0 Å². The smallest absolute Gasteiger partial charge is 0.324 e. The van der Waals surface area contributed by atoms with Crippen LogP contribution in [0.3, 0.4) is 0 Å². The van der Waals surface area contributed by atoms with Crippen molar-refractivity contribution in [1.29, 1.82) is 0 Å². The Hall–Kier alpha value is -1.11. The van der Waals surface area contributed by atoms with Crippen molar-refractivity contribution < 1.29 is 17.9 Å². The number of halogens is 1. The van der Waals surface area contributed by atoms with Crippen LogP contribution in [0, 0.1) is 6.92 Å². The summed E-state index contributed by atoms with van der Waals surface area (Å²) in [5, 5.41) is 0.353. The zero-order valence-electron chi connectivity index (χ0n) is 12.0. The molecule has 116 valence electrons. The molecule has 7 heteroatoms. The maximum atomic E-state index is 12.9. The van der Waals surface area contributed by atoms with E-state index in [1.54, 1.807) is 19.1 Å². The summed E-state index contributed by atoms with van der Waals surface area (Å²) in [5.41, 5.74) is 0.605. The molecule has 0 aliphatic carbocycles. The summed E-state index contributed by atoms with van der Waals surface area (Å²) in [4.78, 5) is 12.0. The fourth-order valence-corrected chi connectivity index (χ4v) is 4.68. The van der Waals surface area contributed by atoms with Crippen LogP contribution in [0.2, 0.25) is 5.02 Å². The zero-order chi connectivity index (χ0) is 15.6. The van der Waals surface area contributed by atoms with Crippen molar-refractivity contribution in [3.05, 3.63) is 28.8 Å². The molecule has 1 saturated heterocycles. The molecule has 1 unspecified atom stereocenters. The second kappa shape index (κ2) is 6.34. The third-order valence-corrected chi connectivity index (χ3v) is 5.95. The number of carbonyl (C=O) groups is 1. The van der Waals surface area contributed by atoms with Gasteiger partial charge in [0.05, 0.1) is 12.0 Å². The Morgan fingerprint density at radius 1 is 1.38 bits per heavy atom. The molecule has 1 aliphatic heterocycles. The monoisotopic (exact) mass is 331 g/mol. The molecule has 1 aliphatic rings. The fraction of sp³-hybridized carbons (Fsp3) is 0.500. The number of carbonyl (C=O) groups excluding carboxylic acids is 1. The summed E-state index contributed by atoms with van der Waals surface area (Å²) in [7, 11) is -2.50. The number of esters is 1. The molecule has 1 atom stereocenters. The number of aryl methyl sites for hydroxylation is 1. The lowest BCUT2D eigenvalue weighted by Gasteiger charge is -2.33. The van der Waals surface area contributed by atoms with E-state index in [1.165, 1.54) is 17.5 Å². The standard InChI is InChI=1S/C14H18ClNO4S/c1-10-6-7-11(15)9-13(10)21(18,19)16-8-4-3-5-12(16)14(17)20-2/h6-7,9,12H,3-5,8H2,1-2H3. The molecular weight excluding hydrogens is 314 g/mol. The van der Waals surface area contributed by atoms with Gasteiger partial charge in [0.25, 0.3) is 0 Å². The fourth-order valence-electron chi connectivity index (χ4n) is 2.54. The molecule has 0 spiro atoms. The van der Waals surface area contributed by atoms with Crippen molar-refractivity contribution in [2.24, 2.45) is 0 Å². The minimum Gasteiger partial charge on any atom is -0.468 e. The minimum absolute atomic E-state index is 0.144. The molecule has 1 aromatic rings. The van der Waals surface area contributed by atoms with E-state index in [0.29, 0.717) is 23.6 Å². The lowest BCUT2D eigenvalue weighted by molar-refractivity contribution is -0.146. The Kier molecular flexibility index (Phi) is 4.91. The first kappa shape index (κ1) is 16.3. The minimum atomic E-state index is -3.77. The van der Waals surface area contributed by atoms with Gasteiger partial charge >= 0.3 is 5.97 Å². The highest BCUT2D eigenvalue weighted by Crippen LogP contribution is 2.29. The number of rotatable bonds is 3. The van der Waals surface area contributed by atoms with Gasteiger partial charge in [-0.1, -0.05) is 17.7 Å². The number of sulfonamides is 1. The molecule has 0 bridgehead atoms. The van der Waals surface area contributed by atoms with Crippen LogP contribution in [-0.4, -0.2) is 38.4 Å². The normalized spacial score (nSPS) is 20.2. The lowest BCUT2D eigenvalue weighted by Crippen LogP contribution is -2.48. The van der Waals surface area contributed by atoms with Gasteiger partial charge in [-0.2, -0.15) is 4.31 Å². The maximum absolute atomic E-state index is 12.9. The van der Waals surface area contributed by atoms with Gasteiger partial charge in [0.1, 0.15) is 6.04 Å². The molecule has 21 heavy (non-hydrogen) atoms. The van der Waals surface area contributed by atoms with Gasteiger partial charge in [-0.25, -0.2) is 8.42 Å². The maximum Gasteiger partial charge on any atom is 0.324 e. The molecule has 0 amide bonds. The molecule has 0 N–H and O–H groups in total. The highest BCUT2D eigenvalue weighted by Gasteiger charge is 2.38. The zero-order valence-corrected chi connectivity index (χ0v) is 13.6. The van der Waals surface area contributed by atoms with E-state index in [-0.39, 0.29) is 4.90 Å². The van der Waals surface area contributed by atoms with Crippen LogP contribution in [0.1, 0.15) is 24.8 Å². The van der Waals surface area contributed by atoms with E-state index in [1.807, 2.05) is 0 Å². The van der Waals surface area contributed by atoms with Gasteiger partial charge in [-0.15, -0.1) is 0 Å². The van der Waals surface area contributed by atoms with Gasteiger partial charge in [0.15, 0.2) is 0 Å². The second-order valence-corrected chi connectivity index (χ2v) is 7.36. The summed E-state index contributed by atoms with van der Waals surface area (Å²) in [6, 6.07) is 3.97. The van der Waals surface area contributed by atoms with Crippen molar-refractivity contribution in [1.82, 2.24) is 4.31 Å². The Balaban J connectivity index is 2.45.